The summed E-state index contributed by atoms with van der Waals surface area (Å²) in [7, 11) is 1.73. The number of aliphatic carboxylic acids is 1. The molecular weight excluding hydrogens is 358 g/mol. The van der Waals surface area contributed by atoms with Crippen LogP contribution in [0.4, 0.5) is 8.78 Å². The first-order chi connectivity index (χ1) is 11.8. The third kappa shape index (κ3) is 6.74. The zero-order valence-electron chi connectivity index (χ0n) is 13.8. The molecular formula is C16H21ClF2N2O4. The van der Waals surface area contributed by atoms with Gasteiger partial charge in [0.1, 0.15) is 5.75 Å². The van der Waals surface area contributed by atoms with E-state index in [2.05, 4.69) is 9.64 Å². The fourth-order valence-corrected chi connectivity index (χ4v) is 3.02. The number of rotatable bonds is 8. The van der Waals surface area contributed by atoms with E-state index in [1.807, 2.05) is 0 Å². The monoisotopic (exact) mass is 378 g/mol. The van der Waals surface area contributed by atoms with Crippen molar-refractivity contribution in [1.82, 2.24) is 9.80 Å². The van der Waals surface area contributed by atoms with E-state index in [1.165, 1.54) is 6.07 Å². The van der Waals surface area contributed by atoms with Gasteiger partial charge in [0.25, 0.3) is 0 Å². The van der Waals surface area contributed by atoms with Crippen molar-refractivity contribution in [3.05, 3.63) is 28.8 Å². The molecule has 1 heterocycles. The number of benzene rings is 1. The Morgan fingerprint density at radius 1 is 1.56 bits per heavy atom. The largest absolute Gasteiger partial charge is 0.480 e. The van der Waals surface area contributed by atoms with Gasteiger partial charge in [-0.05, 0) is 24.7 Å². The highest BCUT2D eigenvalue weighted by Gasteiger charge is 2.22. The Kier molecular flexibility index (Phi) is 7.37. The van der Waals surface area contributed by atoms with E-state index >= 15 is 0 Å². The molecule has 1 fully saturated rings. The second kappa shape index (κ2) is 9.28. The maximum atomic E-state index is 12.3. The molecule has 1 unspecified atom stereocenters. The van der Waals surface area contributed by atoms with E-state index in [1.54, 1.807) is 24.1 Å². The van der Waals surface area contributed by atoms with Crippen molar-refractivity contribution in [2.75, 3.05) is 39.8 Å². The molecule has 2 rings (SSSR count). The van der Waals surface area contributed by atoms with E-state index in [0.717, 1.165) is 12.1 Å². The number of alkyl halides is 2. The molecule has 25 heavy (non-hydrogen) atoms. The Hall–Kier alpha value is -1.48. The molecule has 1 aromatic rings. The number of hydrogen-bond donors (Lipinski definition) is 1. The van der Waals surface area contributed by atoms with Crippen molar-refractivity contribution in [1.29, 1.82) is 0 Å². The van der Waals surface area contributed by atoms with Gasteiger partial charge >= 0.3 is 12.6 Å². The van der Waals surface area contributed by atoms with Crippen molar-refractivity contribution in [3.63, 3.8) is 0 Å². The fraction of sp³-hybridized carbons (Fsp3) is 0.562. The first-order valence-corrected chi connectivity index (χ1v) is 8.19. The lowest BCUT2D eigenvalue weighted by atomic mass is 10.1. The Morgan fingerprint density at radius 2 is 2.32 bits per heavy atom. The standard InChI is InChI=1S/C16H21ClF2N2O4/c1-20(10-15(22)23)8-12-9-21(4-5-24-12)7-11-2-3-14(13(17)6-11)25-16(18)19/h2-3,6,12,16H,4-5,7-10H2,1H3,(H,22,23). The molecule has 1 aliphatic heterocycles. The number of carboxylic acids is 1. The maximum Gasteiger partial charge on any atom is 0.387 e. The van der Waals surface area contributed by atoms with Gasteiger partial charge in [0.2, 0.25) is 0 Å². The van der Waals surface area contributed by atoms with Crippen LogP contribution in [0.1, 0.15) is 5.56 Å². The molecule has 0 aliphatic carbocycles. The molecule has 6 nitrogen and oxygen atoms in total. The van der Waals surface area contributed by atoms with Gasteiger partial charge in [-0.25, -0.2) is 0 Å². The van der Waals surface area contributed by atoms with E-state index in [9.17, 15) is 13.6 Å². The average Bonchev–Trinajstić information content (AvgIpc) is 2.49. The zero-order chi connectivity index (χ0) is 18.4. The van der Waals surface area contributed by atoms with Crippen LogP contribution in [0.2, 0.25) is 5.02 Å². The number of hydrogen-bond acceptors (Lipinski definition) is 5. The number of likely N-dealkylation sites (N-methyl/N-ethyl adjacent to an activating group) is 1. The maximum absolute atomic E-state index is 12.3. The summed E-state index contributed by atoms with van der Waals surface area (Å²) in [5.74, 6) is -0.925. The molecule has 1 aromatic carbocycles. The Labute approximate surface area is 149 Å². The van der Waals surface area contributed by atoms with Gasteiger partial charge in [0.15, 0.2) is 0 Å². The molecule has 0 bridgehead atoms. The summed E-state index contributed by atoms with van der Waals surface area (Å²) in [6.07, 6.45) is -0.0880. The minimum atomic E-state index is -2.91. The van der Waals surface area contributed by atoms with E-state index in [0.29, 0.717) is 26.2 Å². The van der Waals surface area contributed by atoms with Crippen LogP contribution in [0.25, 0.3) is 0 Å². The van der Waals surface area contributed by atoms with Crippen LogP contribution in [-0.4, -0.2) is 73.4 Å². The number of halogens is 3. The smallest absolute Gasteiger partial charge is 0.387 e. The summed E-state index contributed by atoms with van der Waals surface area (Å²) in [5, 5.41) is 8.94. The molecule has 140 valence electrons. The summed E-state index contributed by atoms with van der Waals surface area (Å²) in [5.41, 5.74) is 0.881. The molecule has 0 radical (unpaired) electrons. The molecule has 0 saturated carbocycles. The number of carbonyl (C=O) groups is 1. The predicted octanol–water partition coefficient (Wildman–Crippen LogP) is 2.16. The van der Waals surface area contributed by atoms with Gasteiger partial charge in [-0.2, -0.15) is 8.78 Å². The van der Waals surface area contributed by atoms with Crippen LogP contribution in [0.15, 0.2) is 18.2 Å². The topological polar surface area (TPSA) is 62.2 Å². The van der Waals surface area contributed by atoms with Crippen molar-refractivity contribution in [2.24, 2.45) is 0 Å². The first kappa shape index (κ1) is 19.8. The fourth-order valence-electron chi connectivity index (χ4n) is 2.77. The molecule has 0 aromatic heterocycles. The van der Waals surface area contributed by atoms with Gasteiger partial charge in [-0.1, -0.05) is 17.7 Å². The Bertz CT molecular complexity index is 591. The number of ether oxygens (including phenoxy) is 2. The number of morpholine rings is 1. The second-order valence-corrected chi connectivity index (χ2v) is 6.37. The highest BCUT2D eigenvalue weighted by molar-refractivity contribution is 6.32. The van der Waals surface area contributed by atoms with Crippen LogP contribution >= 0.6 is 11.6 Å². The summed E-state index contributed by atoms with van der Waals surface area (Å²) < 4.78 is 34.5. The number of nitrogens with zero attached hydrogens (tertiary/aromatic N) is 2. The van der Waals surface area contributed by atoms with Crippen molar-refractivity contribution < 1.29 is 28.2 Å². The van der Waals surface area contributed by atoms with Crippen molar-refractivity contribution in [3.8, 4) is 5.75 Å². The minimum Gasteiger partial charge on any atom is -0.480 e. The van der Waals surface area contributed by atoms with Crippen LogP contribution < -0.4 is 4.74 Å². The summed E-state index contributed by atoms with van der Waals surface area (Å²) >= 11 is 5.97. The first-order valence-electron chi connectivity index (χ1n) is 7.81. The van der Waals surface area contributed by atoms with E-state index in [-0.39, 0.29) is 23.4 Å². The third-order valence-electron chi connectivity index (χ3n) is 3.76. The lowest BCUT2D eigenvalue weighted by Gasteiger charge is -2.34. The molecule has 1 N–H and O–H groups in total. The van der Waals surface area contributed by atoms with Gasteiger partial charge in [-0.3, -0.25) is 14.6 Å². The number of carboxylic acid groups (broad SMARTS) is 1. The normalized spacial score (nSPS) is 18.7. The third-order valence-corrected chi connectivity index (χ3v) is 4.06. The van der Waals surface area contributed by atoms with E-state index in [4.69, 9.17) is 21.4 Å². The Balaban J connectivity index is 1.89. The molecule has 1 saturated heterocycles. The molecule has 0 spiro atoms. The van der Waals surface area contributed by atoms with Crippen molar-refractivity contribution >= 4 is 17.6 Å². The highest BCUT2D eigenvalue weighted by Crippen LogP contribution is 2.27. The lowest BCUT2D eigenvalue weighted by molar-refractivity contribution is -0.138. The van der Waals surface area contributed by atoms with Crippen LogP contribution in [0.3, 0.4) is 0 Å². The highest BCUT2D eigenvalue weighted by atomic mass is 35.5. The van der Waals surface area contributed by atoms with Gasteiger partial charge in [0.05, 0.1) is 24.3 Å². The SMILES string of the molecule is CN(CC(=O)O)CC1CN(Cc2ccc(OC(F)F)c(Cl)c2)CCO1. The molecule has 9 heteroatoms. The lowest BCUT2D eigenvalue weighted by Crippen LogP contribution is -2.47. The van der Waals surface area contributed by atoms with Crippen molar-refractivity contribution in [2.45, 2.75) is 19.3 Å². The van der Waals surface area contributed by atoms with E-state index < -0.39 is 12.6 Å². The van der Waals surface area contributed by atoms with Gasteiger partial charge in [0, 0.05) is 26.2 Å². The van der Waals surface area contributed by atoms with Crippen LogP contribution in [0.5, 0.6) is 5.75 Å². The predicted molar refractivity (Wildman–Crippen MR) is 88.2 cm³/mol. The van der Waals surface area contributed by atoms with Crippen LogP contribution in [-0.2, 0) is 16.1 Å². The summed E-state index contributed by atoms with van der Waals surface area (Å²) in [6.45, 7) is 0.0868. The summed E-state index contributed by atoms with van der Waals surface area (Å²) in [4.78, 5) is 14.6. The molecule has 0 amide bonds. The second-order valence-electron chi connectivity index (χ2n) is 5.96. The summed E-state index contributed by atoms with van der Waals surface area (Å²) in [6, 6.07) is 4.74. The zero-order valence-corrected chi connectivity index (χ0v) is 14.6. The van der Waals surface area contributed by atoms with Gasteiger partial charge in [-0.15, -0.1) is 0 Å². The minimum absolute atomic E-state index is 0.0406. The average molecular weight is 379 g/mol. The molecule has 1 atom stereocenters. The molecule has 1 aliphatic rings. The quantitative estimate of drug-likeness (QED) is 0.748. The van der Waals surface area contributed by atoms with Crippen LogP contribution in [0, 0.1) is 0 Å². The Morgan fingerprint density at radius 3 is 2.96 bits per heavy atom. The van der Waals surface area contributed by atoms with Gasteiger partial charge < -0.3 is 14.6 Å².